The first-order valence-corrected chi connectivity index (χ1v) is 12.1. The molecule has 2 amide bonds. The van der Waals surface area contributed by atoms with Gasteiger partial charge in [0, 0.05) is 22.4 Å². The molecule has 0 aliphatic carbocycles. The number of aromatic amines is 1. The zero-order valence-corrected chi connectivity index (χ0v) is 20.9. The summed E-state index contributed by atoms with van der Waals surface area (Å²) in [5, 5.41) is 18.7. The number of amides is 2. The summed E-state index contributed by atoms with van der Waals surface area (Å²) in [4.78, 5) is 37.8. The number of nitrogens with zero attached hydrogens (tertiary/aromatic N) is 3. The summed E-state index contributed by atoms with van der Waals surface area (Å²) in [5.41, 5.74) is 1.63. The molecule has 0 atom stereocenters. The Kier molecular flexibility index (Phi) is 7.37. The lowest BCUT2D eigenvalue weighted by atomic mass is 9.97. The molecule has 5 rings (SSSR count). The van der Waals surface area contributed by atoms with E-state index in [9.17, 15) is 27.6 Å². The number of aromatic nitrogens is 4. The first kappa shape index (κ1) is 26.9. The molecule has 9 nitrogen and oxygen atoms in total. The predicted octanol–water partition coefficient (Wildman–Crippen LogP) is 6.26. The van der Waals surface area contributed by atoms with Crippen molar-refractivity contribution in [1.29, 1.82) is 0 Å². The van der Waals surface area contributed by atoms with Crippen molar-refractivity contribution in [2.45, 2.75) is 6.18 Å². The summed E-state index contributed by atoms with van der Waals surface area (Å²) < 4.78 is 39.1. The molecule has 41 heavy (non-hydrogen) atoms. The van der Waals surface area contributed by atoms with Gasteiger partial charge in [0.25, 0.3) is 0 Å². The van der Waals surface area contributed by atoms with Crippen molar-refractivity contribution < 1.29 is 27.6 Å². The predicted molar refractivity (Wildman–Crippen MR) is 144 cm³/mol. The van der Waals surface area contributed by atoms with E-state index in [0.29, 0.717) is 22.3 Å². The second-order valence-electron chi connectivity index (χ2n) is 8.77. The van der Waals surface area contributed by atoms with Crippen molar-refractivity contribution in [3.8, 4) is 22.5 Å². The molecule has 5 aromatic rings. The van der Waals surface area contributed by atoms with Crippen molar-refractivity contribution >= 4 is 29.0 Å². The lowest BCUT2D eigenvalue weighted by molar-refractivity contribution is -0.137. The fourth-order valence-corrected chi connectivity index (χ4v) is 4.03. The Morgan fingerprint density at radius 1 is 0.707 bits per heavy atom. The molecule has 1 heterocycles. The number of nitrogens with one attached hydrogen (secondary N) is 3. The smallest absolute Gasteiger partial charge is 0.308 e. The van der Waals surface area contributed by atoms with Crippen molar-refractivity contribution in [3.05, 3.63) is 114 Å². The van der Waals surface area contributed by atoms with Crippen LogP contribution in [0.25, 0.3) is 22.5 Å². The van der Waals surface area contributed by atoms with E-state index in [1.807, 2.05) is 0 Å². The number of rotatable bonds is 7. The number of anilines is 2. The highest BCUT2D eigenvalue weighted by Crippen LogP contribution is 2.32. The molecule has 0 bridgehead atoms. The number of hydrogen-bond donors (Lipinski definition) is 3. The molecule has 0 saturated heterocycles. The quantitative estimate of drug-likeness (QED) is 0.160. The molecule has 0 aliphatic heterocycles. The van der Waals surface area contributed by atoms with E-state index in [0.717, 1.165) is 12.1 Å². The van der Waals surface area contributed by atoms with E-state index < -0.39 is 29.3 Å². The van der Waals surface area contributed by atoms with Crippen LogP contribution in [0, 0.1) is 0 Å². The summed E-state index contributed by atoms with van der Waals surface area (Å²) in [6.45, 7) is 0. The lowest BCUT2D eigenvalue weighted by Crippen LogP contribution is -2.20. The van der Waals surface area contributed by atoms with Crippen LogP contribution in [0.15, 0.2) is 97.1 Å². The standard InChI is InChI=1S/C29H19F3N6O3/c30-29(31,32)21-7-4-8-22(16-21)33-28(41)34-24-14-13-20(15-23(24)27-35-37-38-36-27)17-9-11-19(12-10-17)26(40)25(39)18-5-2-1-3-6-18/h1-16H,(H2,33,34,41)(H,35,36,37,38). The van der Waals surface area contributed by atoms with E-state index in [-0.39, 0.29) is 22.8 Å². The number of urea groups is 1. The highest BCUT2D eigenvalue weighted by Gasteiger charge is 2.30. The fourth-order valence-electron chi connectivity index (χ4n) is 4.03. The molecule has 0 saturated carbocycles. The molecule has 0 fully saturated rings. The number of tetrazole rings is 1. The van der Waals surface area contributed by atoms with E-state index in [2.05, 4.69) is 31.3 Å². The highest BCUT2D eigenvalue weighted by molar-refractivity contribution is 6.49. The van der Waals surface area contributed by atoms with Crippen LogP contribution < -0.4 is 10.6 Å². The number of carbonyl (C=O) groups is 3. The maximum Gasteiger partial charge on any atom is 0.416 e. The molecular formula is C29H19F3N6O3. The van der Waals surface area contributed by atoms with Crippen LogP contribution >= 0.6 is 0 Å². The molecule has 3 N–H and O–H groups in total. The van der Waals surface area contributed by atoms with Crippen LogP contribution in [0.3, 0.4) is 0 Å². The van der Waals surface area contributed by atoms with Crippen LogP contribution in [0.1, 0.15) is 26.3 Å². The van der Waals surface area contributed by atoms with Crippen molar-refractivity contribution in [3.63, 3.8) is 0 Å². The van der Waals surface area contributed by atoms with Gasteiger partial charge in [-0.25, -0.2) is 9.89 Å². The van der Waals surface area contributed by atoms with Crippen LogP contribution in [0.2, 0.25) is 0 Å². The van der Waals surface area contributed by atoms with Crippen molar-refractivity contribution in [2.24, 2.45) is 0 Å². The molecular weight excluding hydrogens is 537 g/mol. The number of benzene rings is 4. The van der Waals surface area contributed by atoms with E-state index in [4.69, 9.17) is 0 Å². The summed E-state index contributed by atoms with van der Waals surface area (Å²) in [7, 11) is 0. The van der Waals surface area contributed by atoms with Gasteiger partial charge in [0.05, 0.1) is 11.3 Å². The second kappa shape index (κ2) is 11.2. The molecule has 0 radical (unpaired) electrons. The lowest BCUT2D eigenvalue weighted by Gasteiger charge is -2.13. The molecule has 12 heteroatoms. The highest BCUT2D eigenvalue weighted by atomic mass is 19.4. The van der Waals surface area contributed by atoms with Gasteiger partial charge in [-0.2, -0.15) is 13.2 Å². The van der Waals surface area contributed by atoms with Gasteiger partial charge in [-0.3, -0.25) is 9.59 Å². The van der Waals surface area contributed by atoms with Crippen molar-refractivity contribution in [2.75, 3.05) is 10.6 Å². The summed E-state index contributed by atoms with van der Waals surface area (Å²) in [5.74, 6) is -1.03. The zero-order chi connectivity index (χ0) is 29.0. The second-order valence-corrected chi connectivity index (χ2v) is 8.77. The number of ketones is 2. The first-order valence-electron chi connectivity index (χ1n) is 12.1. The SMILES string of the molecule is O=C(Nc1cccc(C(F)(F)F)c1)Nc1ccc(-c2ccc(C(=O)C(=O)c3ccccc3)cc2)cc1-c1nnn[nH]1. The minimum absolute atomic E-state index is 0.0443. The Labute approximate surface area is 230 Å². The van der Waals surface area contributed by atoms with Gasteiger partial charge in [-0.15, -0.1) is 5.10 Å². The number of H-pyrrole nitrogens is 1. The number of halogens is 3. The largest absolute Gasteiger partial charge is 0.416 e. The number of alkyl halides is 3. The van der Waals surface area contributed by atoms with Crippen LogP contribution in [-0.4, -0.2) is 38.2 Å². The molecule has 1 aromatic heterocycles. The Balaban J connectivity index is 1.37. The zero-order valence-electron chi connectivity index (χ0n) is 20.9. The van der Waals surface area contributed by atoms with Crippen LogP contribution in [0.4, 0.5) is 29.3 Å². The Bertz CT molecular complexity index is 1720. The van der Waals surface area contributed by atoms with Crippen molar-refractivity contribution in [1.82, 2.24) is 20.6 Å². The molecule has 0 unspecified atom stereocenters. The van der Waals surface area contributed by atoms with Gasteiger partial charge < -0.3 is 10.6 Å². The monoisotopic (exact) mass is 556 g/mol. The van der Waals surface area contributed by atoms with Crippen LogP contribution in [0.5, 0.6) is 0 Å². The van der Waals surface area contributed by atoms with Gasteiger partial charge in [0.15, 0.2) is 5.82 Å². The third kappa shape index (κ3) is 6.17. The molecule has 0 spiro atoms. The maximum absolute atomic E-state index is 13.0. The summed E-state index contributed by atoms with van der Waals surface area (Å²) in [6, 6.07) is 23.1. The minimum atomic E-state index is -4.56. The number of carbonyl (C=O) groups excluding carboxylic acids is 3. The number of hydrogen-bond acceptors (Lipinski definition) is 6. The molecule has 4 aromatic carbocycles. The topological polar surface area (TPSA) is 130 Å². The Hall–Kier alpha value is -5.65. The van der Waals surface area contributed by atoms with E-state index >= 15 is 0 Å². The Morgan fingerprint density at radius 2 is 1.39 bits per heavy atom. The van der Waals surface area contributed by atoms with Gasteiger partial charge in [-0.1, -0.05) is 66.7 Å². The van der Waals surface area contributed by atoms with Crippen LogP contribution in [-0.2, 0) is 6.18 Å². The fraction of sp³-hybridized carbons (Fsp3) is 0.0345. The minimum Gasteiger partial charge on any atom is -0.308 e. The third-order valence-corrected chi connectivity index (χ3v) is 6.04. The Morgan fingerprint density at radius 3 is 2.05 bits per heavy atom. The van der Waals surface area contributed by atoms with Gasteiger partial charge in [0.2, 0.25) is 11.6 Å². The normalized spacial score (nSPS) is 11.1. The van der Waals surface area contributed by atoms with E-state index in [1.165, 1.54) is 12.1 Å². The van der Waals surface area contributed by atoms with Gasteiger partial charge in [-0.05, 0) is 51.9 Å². The first-order chi connectivity index (χ1) is 19.7. The maximum atomic E-state index is 13.0. The molecule has 0 aliphatic rings. The van der Waals surface area contributed by atoms with E-state index in [1.54, 1.807) is 72.8 Å². The van der Waals surface area contributed by atoms with Gasteiger partial charge in [0.1, 0.15) is 0 Å². The third-order valence-electron chi connectivity index (χ3n) is 6.04. The summed E-state index contributed by atoms with van der Waals surface area (Å²) in [6.07, 6.45) is -4.56. The average molecular weight is 557 g/mol. The summed E-state index contributed by atoms with van der Waals surface area (Å²) >= 11 is 0. The molecule has 204 valence electrons. The van der Waals surface area contributed by atoms with Gasteiger partial charge >= 0.3 is 12.2 Å². The average Bonchev–Trinajstić information content (AvgIpc) is 3.52. The number of Topliss-reactive ketones (excluding diaryl/α,β-unsaturated/α-hetero) is 2.